The van der Waals surface area contributed by atoms with Gasteiger partial charge >= 0.3 is 0 Å². The fourth-order valence-corrected chi connectivity index (χ4v) is 2.56. The number of aromatic nitrogens is 1. The number of hydrogen-bond donors (Lipinski definition) is 1. The molecule has 0 aliphatic carbocycles. The summed E-state index contributed by atoms with van der Waals surface area (Å²) >= 11 is 0. The van der Waals surface area contributed by atoms with Crippen molar-refractivity contribution in [2.45, 2.75) is 53.3 Å². The minimum absolute atomic E-state index is 0.104. The van der Waals surface area contributed by atoms with E-state index in [9.17, 15) is 9.90 Å². The number of aryl methyl sites for hydroxylation is 1. The Morgan fingerprint density at radius 1 is 1.43 bits per heavy atom. The molecule has 0 radical (unpaired) electrons. The summed E-state index contributed by atoms with van der Waals surface area (Å²) in [7, 11) is 0. The van der Waals surface area contributed by atoms with E-state index in [1.54, 1.807) is 6.92 Å². The lowest BCUT2D eigenvalue weighted by molar-refractivity contribution is 0.0798. The third-order valence-electron chi connectivity index (χ3n) is 3.76. The Morgan fingerprint density at radius 3 is 2.52 bits per heavy atom. The summed E-state index contributed by atoms with van der Waals surface area (Å²) in [5.41, 5.74) is 2.83. The third kappa shape index (κ3) is 4.55. The Kier molecular flexibility index (Phi) is 6.37. The molecule has 1 heterocycles. The van der Waals surface area contributed by atoms with E-state index < -0.39 is 6.10 Å². The summed E-state index contributed by atoms with van der Waals surface area (Å²) in [5, 5.41) is 9.56. The number of aliphatic hydroxyl groups excluding tert-OH is 1. The standard InChI is InChI=1S/C17H28N2O2/c1-7-8-19-13(4)9-16(15(19)6)17(21)11-18(12(2)3)10-14(5)20/h7,9,12,14,20H,1,8,10-11H2,2-6H3. The fraction of sp³-hybridized carbons (Fsp3) is 0.588. The van der Waals surface area contributed by atoms with E-state index in [-0.39, 0.29) is 11.8 Å². The van der Waals surface area contributed by atoms with Crippen molar-refractivity contribution in [1.29, 1.82) is 0 Å². The quantitative estimate of drug-likeness (QED) is 0.591. The number of ketones is 1. The van der Waals surface area contributed by atoms with Gasteiger partial charge in [0.15, 0.2) is 5.78 Å². The summed E-state index contributed by atoms with van der Waals surface area (Å²) in [5.74, 6) is 0.104. The molecule has 0 aliphatic heterocycles. The van der Waals surface area contributed by atoms with Gasteiger partial charge in [-0.3, -0.25) is 9.69 Å². The zero-order chi connectivity index (χ0) is 16.2. The highest BCUT2D eigenvalue weighted by atomic mass is 16.3. The van der Waals surface area contributed by atoms with E-state index in [1.165, 1.54) is 0 Å². The van der Waals surface area contributed by atoms with E-state index in [4.69, 9.17) is 0 Å². The molecule has 1 aromatic rings. The van der Waals surface area contributed by atoms with Crippen LogP contribution in [0.25, 0.3) is 0 Å². The van der Waals surface area contributed by atoms with Gasteiger partial charge in [-0.15, -0.1) is 6.58 Å². The van der Waals surface area contributed by atoms with Crippen LogP contribution in [0, 0.1) is 13.8 Å². The van der Waals surface area contributed by atoms with Crippen molar-refractivity contribution in [1.82, 2.24) is 9.47 Å². The zero-order valence-electron chi connectivity index (χ0n) is 13.9. The number of carbonyl (C=O) groups is 1. The Hall–Kier alpha value is -1.39. The lowest BCUT2D eigenvalue weighted by Gasteiger charge is -2.26. The van der Waals surface area contributed by atoms with Crippen LogP contribution in [-0.2, 0) is 6.54 Å². The first kappa shape index (κ1) is 17.7. The molecule has 0 saturated carbocycles. The Balaban J connectivity index is 2.92. The summed E-state index contributed by atoms with van der Waals surface area (Å²) in [6, 6.07) is 2.17. The monoisotopic (exact) mass is 292 g/mol. The van der Waals surface area contributed by atoms with Crippen LogP contribution in [0.15, 0.2) is 18.7 Å². The average molecular weight is 292 g/mol. The summed E-state index contributed by atoms with van der Waals surface area (Å²) in [6.45, 7) is 15.1. The first-order valence-electron chi connectivity index (χ1n) is 7.50. The Morgan fingerprint density at radius 2 is 2.05 bits per heavy atom. The van der Waals surface area contributed by atoms with Crippen LogP contribution in [0.1, 0.15) is 42.5 Å². The zero-order valence-corrected chi connectivity index (χ0v) is 13.9. The number of allylic oxidation sites excluding steroid dienone is 1. The van der Waals surface area contributed by atoms with Crippen LogP contribution in [0.2, 0.25) is 0 Å². The first-order chi connectivity index (χ1) is 9.77. The minimum atomic E-state index is -0.437. The van der Waals surface area contributed by atoms with Crippen molar-refractivity contribution in [2.75, 3.05) is 13.1 Å². The van der Waals surface area contributed by atoms with Gasteiger partial charge in [0.05, 0.1) is 12.6 Å². The van der Waals surface area contributed by atoms with E-state index in [0.29, 0.717) is 19.6 Å². The minimum Gasteiger partial charge on any atom is -0.392 e. The molecule has 118 valence electrons. The molecule has 1 atom stereocenters. The molecule has 1 N–H and O–H groups in total. The second-order valence-electron chi connectivity index (χ2n) is 5.98. The lowest BCUT2D eigenvalue weighted by Crippen LogP contribution is -2.40. The van der Waals surface area contributed by atoms with Gasteiger partial charge in [-0.25, -0.2) is 0 Å². The second-order valence-corrected chi connectivity index (χ2v) is 5.98. The molecular weight excluding hydrogens is 264 g/mol. The van der Waals surface area contributed by atoms with Crippen molar-refractivity contribution in [3.63, 3.8) is 0 Å². The number of hydrogen-bond acceptors (Lipinski definition) is 3. The van der Waals surface area contributed by atoms with Gasteiger partial charge in [-0.05, 0) is 40.7 Å². The van der Waals surface area contributed by atoms with Gasteiger partial charge in [-0.1, -0.05) is 6.08 Å². The molecule has 1 rings (SSSR count). The number of carbonyl (C=O) groups excluding carboxylic acids is 1. The average Bonchev–Trinajstić information content (AvgIpc) is 2.65. The molecule has 0 saturated heterocycles. The largest absolute Gasteiger partial charge is 0.392 e. The van der Waals surface area contributed by atoms with Crippen molar-refractivity contribution >= 4 is 5.78 Å². The fourth-order valence-electron chi connectivity index (χ4n) is 2.56. The van der Waals surface area contributed by atoms with Crippen molar-refractivity contribution in [3.05, 3.63) is 35.7 Å². The lowest BCUT2D eigenvalue weighted by atomic mass is 10.1. The van der Waals surface area contributed by atoms with E-state index >= 15 is 0 Å². The van der Waals surface area contributed by atoms with Crippen LogP contribution in [-0.4, -0.2) is 45.6 Å². The van der Waals surface area contributed by atoms with Gasteiger partial charge in [0.25, 0.3) is 0 Å². The first-order valence-corrected chi connectivity index (χ1v) is 7.50. The highest BCUT2D eigenvalue weighted by Crippen LogP contribution is 2.17. The van der Waals surface area contributed by atoms with Crippen LogP contribution < -0.4 is 0 Å². The van der Waals surface area contributed by atoms with Gasteiger partial charge in [0.1, 0.15) is 0 Å². The molecule has 0 fully saturated rings. The number of nitrogens with zero attached hydrogens (tertiary/aromatic N) is 2. The van der Waals surface area contributed by atoms with Crippen LogP contribution in [0.4, 0.5) is 0 Å². The molecule has 0 amide bonds. The highest BCUT2D eigenvalue weighted by molar-refractivity contribution is 5.99. The highest BCUT2D eigenvalue weighted by Gasteiger charge is 2.20. The van der Waals surface area contributed by atoms with E-state index in [2.05, 4.69) is 11.1 Å². The number of Topliss-reactive ketones (excluding diaryl/α,β-unsaturated/α-hetero) is 1. The number of aliphatic hydroxyl groups is 1. The van der Waals surface area contributed by atoms with Crippen LogP contribution in [0.3, 0.4) is 0 Å². The van der Waals surface area contributed by atoms with Crippen LogP contribution in [0.5, 0.6) is 0 Å². The molecule has 1 unspecified atom stereocenters. The Labute approximate surface area is 128 Å². The van der Waals surface area contributed by atoms with E-state index in [0.717, 1.165) is 17.0 Å². The van der Waals surface area contributed by atoms with Gasteiger partial charge in [-0.2, -0.15) is 0 Å². The molecule has 4 heteroatoms. The molecule has 0 spiro atoms. The molecule has 0 aliphatic rings. The topological polar surface area (TPSA) is 45.5 Å². The molecule has 1 aromatic heterocycles. The predicted molar refractivity (Wildman–Crippen MR) is 86.8 cm³/mol. The Bertz CT molecular complexity index is 501. The van der Waals surface area contributed by atoms with Gasteiger partial charge in [0.2, 0.25) is 0 Å². The van der Waals surface area contributed by atoms with Gasteiger partial charge in [0, 0.05) is 36.1 Å². The van der Waals surface area contributed by atoms with Crippen molar-refractivity contribution in [3.8, 4) is 0 Å². The van der Waals surface area contributed by atoms with Gasteiger partial charge < -0.3 is 9.67 Å². The SMILES string of the molecule is C=CCn1c(C)cc(C(=O)CN(CC(C)O)C(C)C)c1C. The van der Waals surface area contributed by atoms with E-state index in [1.807, 2.05) is 44.7 Å². The molecule has 21 heavy (non-hydrogen) atoms. The molecule has 0 bridgehead atoms. The smallest absolute Gasteiger partial charge is 0.178 e. The maximum atomic E-state index is 12.6. The maximum absolute atomic E-state index is 12.6. The summed E-state index contributed by atoms with van der Waals surface area (Å²) in [4.78, 5) is 14.6. The van der Waals surface area contributed by atoms with Crippen molar-refractivity contribution < 1.29 is 9.90 Å². The second kappa shape index (κ2) is 7.57. The number of rotatable bonds is 8. The predicted octanol–water partition coefficient (Wildman–Crippen LogP) is 2.56. The molecular formula is C17H28N2O2. The third-order valence-corrected chi connectivity index (χ3v) is 3.76. The molecule has 0 aromatic carbocycles. The normalized spacial score (nSPS) is 13.0. The maximum Gasteiger partial charge on any atom is 0.178 e. The molecule has 4 nitrogen and oxygen atoms in total. The van der Waals surface area contributed by atoms with Crippen molar-refractivity contribution in [2.24, 2.45) is 0 Å². The summed E-state index contributed by atoms with van der Waals surface area (Å²) < 4.78 is 2.09. The summed E-state index contributed by atoms with van der Waals surface area (Å²) in [6.07, 6.45) is 1.40. The van der Waals surface area contributed by atoms with Crippen LogP contribution >= 0.6 is 0 Å².